The second-order valence-corrected chi connectivity index (χ2v) is 5.70. The lowest BCUT2D eigenvalue weighted by molar-refractivity contribution is -0.116. The number of anilines is 2. The van der Waals surface area contributed by atoms with E-state index in [0.717, 1.165) is 5.56 Å². The first kappa shape index (κ1) is 19.5. The van der Waals surface area contributed by atoms with Crippen molar-refractivity contribution < 1.29 is 18.8 Å². The number of ether oxygens (including phenoxy) is 1. The van der Waals surface area contributed by atoms with E-state index >= 15 is 0 Å². The van der Waals surface area contributed by atoms with Gasteiger partial charge in [0.1, 0.15) is 12.8 Å². The van der Waals surface area contributed by atoms with Gasteiger partial charge in [0.05, 0.1) is 0 Å². The first-order valence-electron chi connectivity index (χ1n) is 8.49. The van der Waals surface area contributed by atoms with Crippen LogP contribution in [0.25, 0.3) is 0 Å². The number of aromatic nitrogens is 1. The van der Waals surface area contributed by atoms with Gasteiger partial charge in [-0.25, -0.2) is 4.79 Å². The fraction of sp³-hybridized carbons (Fsp3) is 0.389. The standard InChI is InChI=1S/C18H24N4O4/c1-3-25-11-4-10-22(13-17(23)20-16-9-12-26-21-16)18(24)19-15-7-5-14(2)6-8-15/h5-9,12H,3-4,10-11,13H2,1-2H3,(H,19,24)(H,20,21,23). The average Bonchev–Trinajstić information content (AvgIpc) is 3.12. The monoisotopic (exact) mass is 360 g/mol. The first-order chi connectivity index (χ1) is 12.6. The Morgan fingerprint density at radius 1 is 1.19 bits per heavy atom. The molecule has 2 aromatic rings. The number of carbonyl (C=O) groups is 2. The molecule has 2 rings (SSSR count). The molecule has 3 amide bonds. The van der Waals surface area contributed by atoms with Crippen molar-refractivity contribution in [2.45, 2.75) is 20.3 Å². The number of rotatable bonds is 9. The highest BCUT2D eigenvalue weighted by molar-refractivity contribution is 5.96. The Hall–Kier alpha value is -2.87. The third kappa shape index (κ3) is 6.56. The minimum atomic E-state index is -0.352. The van der Waals surface area contributed by atoms with Crippen LogP contribution in [-0.4, -0.2) is 48.3 Å². The molecule has 0 atom stereocenters. The van der Waals surface area contributed by atoms with Gasteiger partial charge in [0.25, 0.3) is 0 Å². The highest BCUT2D eigenvalue weighted by atomic mass is 16.5. The summed E-state index contributed by atoms with van der Waals surface area (Å²) in [5.41, 5.74) is 1.77. The molecule has 1 aromatic heterocycles. The van der Waals surface area contributed by atoms with Gasteiger partial charge in [-0.1, -0.05) is 22.9 Å². The number of benzene rings is 1. The third-order valence-corrected chi connectivity index (χ3v) is 3.55. The highest BCUT2D eigenvalue weighted by Crippen LogP contribution is 2.10. The largest absolute Gasteiger partial charge is 0.382 e. The van der Waals surface area contributed by atoms with E-state index in [2.05, 4.69) is 20.3 Å². The number of nitrogens with one attached hydrogen (secondary N) is 2. The summed E-state index contributed by atoms with van der Waals surface area (Å²) in [6, 6.07) is 8.64. The molecule has 1 aromatic carbocycles. The van der Waals surface area contributed by atoms with Crippen molar-refractivity contribution in [1.29, 1.82) is 0 Å². The van der Waals surface area contributed by atoms with Gasteiger partial charge in [0.15, 0.2) is 5.82 Å². The maximum absolute atomic E-state index is 12.6. The fourth-order valence-corrected chi connectivity index (χ4v) is 2.23. The molecule has 8 nitrogen and oxygen atoms in total. The molecule has 0 unspecified atom stereocenters. The third-order valence-electron chi connectivity index (χ3n) is 3.55. The smallest absolute Gasteiger partial charge is 0.322 e. The number of urea groups is 1. The summed E-state index contributed by atoms with van der Waals surface area (Å²) >= 11 is 0. The van der Waals surface area contributed by atoms with Gasteiger partial charge in [-0.15, -0.1) is 0 Å². The van der Waals surface area contributed by atoms with Crippen LogP contribution >= 0.6 is 0 Å². The number of amides is 3. The molecule has 26 heavy (non-hydrogen) atoms. The van der Waals surface area contributed by atoms with Crippen molar-refractivity contribution >= 4 is 23.4 Å². The molecule has 0 aliphatic rings. The molecule has 0 radical (unpaired) electrons. The molecule has 8 heteroatoms. The van der Waals surface area contributed by atoms with E-state index in [4.69, 9.17) is 4.74 Å². The Kier molecular flexibility index (Phi) is 7.63. The van der Waals surface area contributed by atoms with Gasteiger partial charge >= 0.3 is 6.03 Å². The quantitative estimate of drug-likeness (QED) is 0.670. The van der Waals surface area contributed by atoms with Crippen LogP contribution in [0, 0.1) is 6.92 Å². The van der Waals surface area contributed by atoms with Crippen molar-refractivity contribution in [3.63, 3.8) is 0 Å². The number of hydrogen-bond acceptors (Lipinski definition) is 5. The van der Waals surface area contributed by atoms with Crippen LogP contribution in [0.5, 0.6) is 0 Å². The summed E-state index contributed by atoms with van der Waals surface area (Å²) in [5.74, 6) is -0.0439. The number of hydrogen-bond donors (Lipinski definition) is 2. The summed E-state index contributed by atoms with van der Waals surface area (Å²) in [7, 11) is 0. The Morgan fingerprint density at radius 2 is 1.96 bits per heavy atom. The molecule has 0 spiro atoms. The van der Waals surface area contributed by atoms with Crippen LogP contribution in [-0.2, 0) is 9.53 Å². The lowest BCUT2D eigenvalue weighted by atomic mass is 10.2. The second kappa shape index (κ2) is 10.2. The zero-order valence-corrected chi connectivity index (χ0v) is 15.0. The zero-order valence-electron chi connectivity index (χ0n) is 15.0. The van der Waals surface area contributed by atoms with E-state index in [9.17, 15) is 9.59 Å². The van der Waals surface area contributed by atoms with Crippen LogP contribution in [0.4, 0.5) is 16.3 Å². The van der Waals surface area contributed by atoms with Crippen molar-refractivity contribution in [3.05, 3.63) is 42.2 Å². The Labute approximate surface area is 152 Å². The first-order valence-corrected chi connectivity index (χ1v) is 8.49. The predicted molar refractivity (Wildman–Crippen MR) is 98.0 cm³/mol. The van der Waals surface area contributed by atoms with Gasteiger partial charge in [-0.05, 0) is 32.4 Å². The minimum absolute atomic E-state index is 0.101. The van der Waals surface area contributed by atoms with E-state index in [1.165, 1.54) is 17.2 Å². The maximum atomic E-state index is 12.6. The molecule has 2 N–H and O–H groups in total. The molecule has 0 aliphatic carbocycles. The Morgan fingerprint density at radius 3 is 2.62 bits per heavy atom. The fourth-order valence-electron chi connectivity index (χ4n) is 2.23. The summed E-state index contributed by atoms with van der Waals surface area (Å²) in [6.07, 6.45) is 1.99. The molecule has 1 heterocycles. The highest BCUT2D eigenvalue weighted by Gasteiger charge is 2.18. The molecule has 0 saturated carbocycles. The predicted octanol–water partition coefficient (Wildman–Crippen LogP) is 2.88. The molecule has 0 fully saturated rings. The van der Waals surface area contributed by atoms with Gasteiger partial charge in [-0.2, -0.15) is 0 Å². The van der Waals surface area contributed by atoms with Crippen LogP contribution in [0.3, 0.4) is 0 Å². The van der Waals surface area contributed by atoms with Crippen molar-refractivity contribution in [2.24, 2.45) is 0 Å². The van der Waals surface area contributed by atoms with E-state index in [-0.39, 0.29) is 18.5 Å². The van der Waals surface area contributed by atoms with E-state index < -0.39 is 0 Å². The van der Waals surface area contributed by atoms with Crippen molar-refractivity contribution in [2.75, 3.05) is 36.9 Å². The molecular formula is C18H24N4O4. The van der Waals surface area contributed by atoms with Crippen LogP contribution in [0.2, 0.25) is 0 Å². The van der Waals surface area contributed by atoms with Gasteiger partial charge in [0.2, 0.25) is 5.91 Å². The molecular weight excluding hydrogens is 336 g/mol. The van der Waals surface area contributed by atoms with Gasteiger partial charge in [-0.3, -0.25) is 4.79 Å². The maximum Gasteiger partial charge on any atom is 0.322 e. The summed E-state index contributed by atoms with van der Waals surface area (Å²) in [5, 5.41) is 9.01. The van der Waals surface area contributed by atoms with E-state index in [0.29, 0.717) is 37.7 Å². The Balaban J connectivity index is 1.95. The number of carbonyl (C=O) groups excluding carboxylic acids is 2. The molecule has 0 bridgehead atoms. The van der Waals surface area contributed by atoms with Crippen molar-refractivity contribution in [3.8, 4) is 0 Å². The number of aryl methyl sites for hydroxylation is 1. The van der Waals surface area contributed by atoms with Gasteiger partial charge < -0.3 is 24.8 Å². The summed E-state index contributed by atoms with van der Waals surface area (Å²) < 4.78 is 9.98. The van der Waals surface area contributed by atoms with Crippen LogP contribution in [0.1, 0.15) is 18.9 Å². The van der Waals surface area contributed by atoms with Gasteiger partial charge in [0, 0.05) is 31.5 Å². The minimum Gasteiger partial charge on any atom is -0.382 e. The SMILES string of the molecule is CCOCCCN(CC(=O)Nc1ccon1)C(=O)Nc1ccc(C)cc1. The molecule has 140 valence electrons. The summed E-state index contributed by atoms with van der Waals surface area (Å²) in [6.45, 7) is 5.31. The van der Waals surface area contributed by atoms with Crippen LogP contribution in [0.15, 0.2) is 41.1 Å². The molecule has 0 saturated heterocycles. The second-order valence-electron chi connectivity index (χ2n) is 5.70. The topological polar surface area (TPSA) is 96.7 Å². The molecule has 0 aliphatic heterocycles. The normalized spacial score (nSPS) is 10.4. The Bertz CT molecular complexity index is 686. The number of nitrogens with zero attached hydrogens (tertiary/aromatic N) is 2. The van der Waals surface area contributed by atoms with Crippen molar-refractivity contribution in [1.82, 2.24) is 10.1 Å². The average molecular weight is 360 g/mol. The zero-order chi connectivity index (χ0) is 18.8. The lowest BCUT2D eigenvalue weighted by Gasteiger charge is -2.22. The summed E-state index contributed by atoms with van der Waals surface area (Å²) in [4.78, 5) is 26.2. The van der Waals surface area contributed by atoms with Crippen LogP contribution < -0.4 is 10.6 Å². The lowest BCUT2D eigenvalue weighted by Crippen LogP contribution is -2.41. The van der Waals surface area contributed by atoms with E-state index in [1.807, 2.05) is 38.1 Å². The van der Waals surface area contributed by atoms with E-state index in [1.54, 1.807) is 0 Å².